The van der Waals surface area contributed by atoms with Crippen molar-refractivity contribution in [1.29, 1.82) is 0 Å². The molecule has 1 aliphatic rings. The van der Waals surface area contributed by atoms with Crippen LogP contribution in [0.1, 0.15) is 29.2 Å². The van der Waals surface area contributed by atoms with Crippen molar-refractivity contribution in [2.45, 2.75) is 30.8 Å². The highest BCUT2D eigenvalue weighted by molar-refractivity contribution is 9.10. The van der Waals surface area contributed by atoms with Crippen LogP contribution in [0, 0.1) is 6.92 Å². The Kier molecular flexibility index (Phi) is 4.95. The molecule has 1 N–H and O–H groups in total. The molecule has 0 saturated heterocycles. The van der Waals surface area contributed by atoms with Gasteiger partial charge in [-0.1, -0.05) is 39.7 Å². The van der Waals surface area contributed by atoms with E-state index in [1.807, 2.05) is 17.8 Å². The molecule has 110 valence electrons. The van der Waals surface area contributed by atoms with Crippen molar-refractivity contribution in [3.05, 3.63) is 62.6 Å². The Labute approximate surface area is 143 Å². The molecule has 0 aromatic heterocycles. The van der Waals surface area contributed by atoms with Crippen molar-refractivity contribution < 1.29 is 0 Å². The zero-order valence-corrected chi connectivity index (χ0v) is 15.0. The number of hydrogen-bond donors (Lipinski definition) is 1. The smallest absolute Gasteiger partial charge is 0.0410 e. The highest BCUT2D eigenvalue weighted by Crippen LogP contribution is 2.37. The fraction of sp³-hybridized carbons (Fsp3) is 0.294. The van der Waals surface area contributed by atoms with E-state index < -0.39 is 0 Å². The summed E-state index contributed by atoms with van der Waals surface area (Å²) in [6, 6.07) is 13.1. The summed E-state index contributed by atoms with van der Waals surface area (Å²) in [6.07, 6.45) is 1.15. The molecule has 0 aliphatic carbocycles. The fourth-order valence-corrected chi connectivity index (χ4v) is 4.17. The molecule has 0 spiro atoms. The van der Waals surface area contributed by atoms with Crippen LogP contribution in [-0.2, 0) is 6.54 Å². The zero-order valence-electron chi connectivity index (χ0n) is 11.8. The van der Waals surface area contributed by atoms with Crippen molar-refractivity contribution in [3.63, 3.8) is 0 Å². The topological polar surface area (TPSA) is 12.0 Å². The SMILES string of the molecule is Cc1cc(CNC2CCSc3ccc(Cl)cc32)ccc1Br. The first kappa shape index (κ1) is 15.4. The maximum Gasteiger partial charge on any atom is 0.0410 e. The Morgan fingerprint density at radius 3 is 2.95 bits per heavy atom. The van der Waals surface area contributed by atoms with Gasteiger partial charge in [-0.25, -0.2) is 0 Å². The van der Waals surface area contributed by atoms with E-state index in [2.05, 4.69) is 58.5 Å². The standard InChI is InChI=1S/C17H17BrClNS/c1-11-8-12(2-4-15(11)18)10-20-16-6-7-21-17-5-3-13(19)9-14(16)17/h2-5,8-9,16,20H,6-7,10H2,1H3. The monoisotopic (exact) mass is 381 g/mol. The predicted octanol–water partition coefficient (Wildman–Crippen LogP) is 5.74. The van der Waals surface area contributed by atoms with Crippen LogP contribution in [0.2, 0.25) is 5.02 Å². The third-order valence-electron chi connectivity index (χ3n) is 3.79. The van der Waals surface area contributed by atoms with Crippen LogP contribution in [0.5, 0.6) is 0 Å². The molecule has 1 aliphatic heterocycles. The second kappa shape index (κ2) is 6.74. The van der Waals surface area contributed by atoms with Crippen LogP contribution in [0.15, 0.2) is 45.8 Å². The van der Waals surface area contributed by atoms with E-state index in [1.165, 1.54) is 21.6 Å². The summed E-state index contributed by atoms with van der Waals surface area (Å²) in [5.74, 6) is 1.16. The van der Waals surface area contributed by atoms with Gasteiger partial charge in [-0.2, -0.15) is 0 Å². The molecule has 0 radical (unpaired) electrons. The predicted molar refractivity (Wildman–Crippen MR) is 95.3 cm³/mol. The first-order valence-electron chi connectivity index (χ1n) is 7.04. The Morgan fingerprint density at radius 2 is 2.14 bits per heavy atom. The van der Waals surface area contributed by atoms with Crippen LogP contribution < -0.4 is 5.32 Å². The zero-order chi connectivity index (χ0) is 14.8. The van der Waals surface area contributed by atoms with Crippen LogP contribution >= 0.6 is 39.3 Å². The maximum absolute atomic E-state index is 6.16. The van der Waals surface area contributed by atoms with Gasteiger partial charge in [0.1, 0.15) is 0 Å². The average molecular weight is 383 g/mol. The highest BCUT2D eigenvalue weighted by Gasteiger charge is 2.20. The molecule has 1 heterocycles. The number of hydrogen-bond acceptors (Lipinski definition) is 2. The summed E-state index contributed by atoms with van der Waals surface area (Å²) < 4.78 is 1.16. The third kappa shape index (κ3) is 3.65. The van der Waals surface area contributed by atoms with E-state index in [9.17, 15) is 0 Å². The molecule has 2 aromatic carbocycles. The molecular weight excluding hydrogens is 366 g/mol. The Hall–Kier alpha value is -0.480. The number of benzene rings is 2. The van der Waals surface area contributed by atoms with Gasteiger partial charge in [0.2, 0.25) is 0 Å². The number of aryl methyl sites for hydroxylation is 1. The molecule has 1 unspecified atom stereocenters. The van der Waals surface area contributed by atoms with E-state index in [0.29, 0.717) is 6.04 Å². The van der Waals surface area contributed by atoms with Gasteiger partial charge in [0.25, 0.3) is 0 Å². The Morgan fingerprint density at radius 1 is 1.29 bits per heavy atom. The van der Waals surface area contributed by atoms with E-state index >= 15 is 0 Å². The molecule has 4 heteroatoms. The van der Waals surface area contributed by atoms with Crippen molar-refractivity contribution in [2.24, 2.45) is 0 Å². The second-order valence-electron chi connectivity index (χ2n) is 5.34. The van der Waals surface area contributed by atoms with E-state index in [0.717, 1.165) is 28.2 Å². The number of halogens is 2. The third-order valence-corrected chi connectivity index (χ3v) is 6.03. The van der Waals surface area contributed by atoms with Crippen LogP contribution in [0.25, 0.3) is 0 Å². The Balaban J connectivity index is 1.74. The van der Waals surface area contributed by atoms with Crippen LogP contribution in [0.3, 0.4) is 0 Å². The molecule has 2 aromatic rings. The van der Waals surface area contributed by atoms with Gasteiger partial charge in [-0.15, -0.1) is 11.8 Å². The molecule has 1 nitrogen and oxygen atoms in total. The van der Waals surface area contributed by atoms with Crippen molar-refractivity contribution in [1.82, 2.24) is 5.32 Å². The maximum atomic E-state index is 6.16. The summed E-state index contributed by atoms with van der Waals surface area (Å²) in [5, 5.41) is 4.50. The van der Waals surface area contributed by atoms with Gasteiger partial charge >= 0.3 is 0 Å². The number of rotatable bonds is 3. The Bertz CT molecular complexity index is 659. The van der Waals surface area contributed by atoms with Gasteiger partial charge in [-0.05, 0) is 60.1 Å². The van der Waals surface area contributed by atoms with Gasteiger partial charge in [0, 0.05) is 27.0 Å². The van der Waals surface area contributed by atoms with E-state index in [-0.39, 0.29) is 0 Å². The van der Waals surface area contributed by atoms with Gasteiger partial charge in [0.05, 0.1) is 0 Å². The average Bonchev–Trinajstić information content (AvgIpc) is 2.48. The van der Waals surface area contributed by atoms with Crippen LogP contribution in [0.4, 0.5) is 0 Å². The molecule has 0 fully saturated rings. The lowest BCUT2D eigenvalue weighted by molar-refractivity contribution is 0.510. The minimum atomic E-state index is 0.393. The lowest BCUT2D eigenvalue weighted by Crippen LogP contribution is -2.24. The lowest BCUT2D eigenvalue weighted by Gasteiger charge is -2.26. The number of fused-ring (bicyclic) bond motifs is 1. The summed E-state index contributed by atoms with van der Waals surface area (Å²) in [7, 11) is 0. The molecule has 0 amide bonds. The van der Waals surface area contributed by atoms with Crippen molar-refractivity contribution in [3.8, 4) is 0 Å². The molecule has 0 saturated carbocycles. The minimum Gasteiger partial charge on any atom is -0.306 e. The van der Waals surface area contributed by atoms with Gasteiger partial charge < -0.3 is 5.32 Å². The summed E-state index contributed by atoms with van der Waals surface area (Å²) in [5.41, 5.74) is 3.93. The summed E-state index contributed by atoms with van der Waals surface area (Å²) >= 11 is 11.6. The van der Waals surface area contributed by atoms with Gasteiger partial charge in [-0.3, -0.25) is 0 Å². The molecule has 21 heavy (non-hydrogen) atoms. The first-order chi connectivity index (χ1) is 10.1. The summed E-state index contributed by atoms with van der Waals surface area (Å²) in [6.45, 7) is 3.01. The lowest BCUT2D eigenvalue weighted by atomic mass is 10.0. The summed E-state index contributed by atoms with van der Waals surface area (Å²) in [4.78, 5) is 1.36. The minimum absolute atomic E-state index is 0.393. The normalized spacial score (nSPS) is 17.6. The molecule has 1 atom stereocenters. The van der Waals surface area contributed by atoms with Crippen molar-refractivity contribution in [2.75, 3.05) is 5.75 Å². The van der Waals surface area contributed by atoms with E-state index in [1.54, 1.807) is 0 Å². The quantitative estimate of drug-likeness (QED) is 0.726. The molecule has 3 rings (SSSR count). The first-order valence-corrected chi connectivity index (χ1v) is 9.20. The number of nitrogens with one attached hydrogen (secondary N) is 1. The van der Waals surface area contributed by atoms with Crippen LogP contribution in [-0.4, -0.2) is 5.75 Å². The molecule has 0 bridgehead atoms. The van der Waals surface area contributed by atoms with Gasteiger partial charge in [0.15, 0.2) is 0 Å². The molecular formula is C17H17BrClNS. The highest BCUT2D eigenvalue weighted by atomic mass is 79.9. The van der Waals surface area contributed by atoms with Crippen molar-refractivity contribution >= 4 is 39.3 Å². The fourth-order valence-electron chi connectivity index (χ4n) is 2.64. The second-order valence-corrected chi connectivity index (χ2v) is 7.76. The number of thioether (sulfide) groups is 1. The van der Waals surface area contributed by atoms with E-state index in [4.69, 9.17) is 11.6 Å². The largest absolute Gasteiger partial charge is 0.306 e.